The number of carbonyl (C=O) groups excluding carboxylic acids is 1. The summed E-state index contributed by atoms with van der Waals surface area (Å²) in [4.78, 5) is 12.2. The first-order valence-corrected chi connectivity index (χ1v) is 8.70. The van der Waals surface area contributed by atoms with Crippen molar-refractivity contribution in [2.24, 2.45) is 11.3 Å². The number of fused-ring (bicyclic) bond motifs is 2. The summed E-state index contributed by atoms with van der Waals surface area (Å²) in [6.07, 6.45) is 5.58. The molecule has 1 aromatic rings. The Morgan fingerprint density at radius 2 is 2.08 bits per heavy atom. The second-order valence-corrected chi connectivity index (χ2v) is 7.31. The lowest BCUT2D eigenvalue weighted by Crippen LogP contribution is -2.37. The summed E-state index contributed by atoms with van der Waals surface area (Å²) in [6.45, 7) is 2.52. The molecule has 130 valence electrons. The molecule has 1 saturated carbocycles. The highest BCUT2D eigenvalue weighted by atomic mass is 16.7. The molecule has 2 heterocycles. The lowest BCUT2D eigenvalue weighted by atomic mass is 9.59. The van der Waals surface area contributed by atoms with Crippen molar-refractivity contribution in [1.29, 1.82) is 0 Å². The molecule has 2 bridgehead atoms. The van der Waals surface area contributed by atoms with E-state index in [1.54, 1.807) is 13.2 Å². The fourth-order valence-electron chi connectivity index (χ4n) is 4.85. The molecule has 0 unspecified atom stereocenters. The summed E-state index contributed by atoms with van der Waals surface area (Å²) >= 11 is 0. The van der Waals surface area contributed by atoms with Crippen molar-refractivity contribution in [3.05, 3.63) is 47.4 Å². The SMILES string of the molecule is COC1=C[C@@]23C[C@@H](C[C@@H](c4ccc5c(c4)OCO5)[C@@H]2C)OC3=CC1=O. The number of rotatable bonds is 2. The Balaban J connectivity index is 1.56. The van der Waals surface area contributed by atoms with Crippen molar-refractivity contribution in [3.8, 4) is 11.5 Å². The molecule has 1 aromatic carbocycles. The van der Waals surface area contributed by atoms with Crippen LogP contribution in [0.1, 0.15) is 31.2 Å². The number of hydrogen-bond donors (Lipinski definition) is 0. The van der Waals surface area contributed by atoms with Crippen molar-refractivity contribution in [2.75, 3.05) is 13.9 Å². The Hall–Kier alpha value is -2.43. The van der Waals surface area contributed by atoms with Crippen LogP contribution in [0.4, 0.5) is 0 Å². The first-order valence-electron chi connectivity index (χ1n) is 8.70. The summed E-state index contributed by atoms with van der Waals surface area (Å²) in [6, 6.07) is 6.19. The minimum atomic E-state index is -0.261. The Morgan fingerprint density at radius 3 is 2.92 bits per heavy atom. The van der Waals surface area contributed by atoms with Gasteiger partial charge in [-0.2, -0.15) is 0 Å². The Labute approximate surface area is 146 Å². The zero-order chi connectivity index (χ0) is 17.2. The maximum absolute atomic E-state index is 12.2. The first-order chi connectivity index (χ1) is 12.1. The number of benzene rings is 1. The lowest BCUT2D eigenvalue weighted by molar-refractivity contribution is -0.114. The third kappa shape index (κ3) is 1.98. The van der Waals surface area contributed by atoms with Gasteiger partial charge in [0.15, 0.2) is 17.3 Å². The van der Waals surface area contributed by atoms with E-state index in [0.29, 0.717) is 11.7 Å². The van der Waals surface area contributed by atoms with Gasteiger partial charge in [0, 0.05) is 12.5 Å². The van der Waals surface area contributed by atoms with Gasteiger partial charge in [0.25, 0.3) is 0 Å². The van der Waals surface area contributed by atoms with E-state index in [-0.39, 0.29) is 30.0 Å². The number of ketones is 1. The molecular weight excluding hydrogens is 320 g/mol. The average molecular weight is 340 g/mol. The van der Waals surface area contributed by atoms with Gasteiger partial charge >= 0.3 is 0 Å². The van der Waals surface area contributed by atoms with Crippen molar-refractivity contribution in [3.63, 3.8) is 0 Å². The Kier molecular flexibility index (Phi) is 3.00. The molecule has 0 N–H and O–H groups in total. The highest BCUT2D eigenvalue weighted by molar-refractivity contribution is 6.04. The van der Waals surface area contributed by atoms with Crippen molar-refractivity contribution in [1.82, 2.24) is 0 Å². The van der Waals surface area contributed by atoms with Crippen LogP contribution in [0.5, 0.6) is 11.5 Å². The molecule has 0 amide bonds. The summed E-state index contributed by atoms with van der Waals surface area (Å²) in [5, 5.41) is 0. The zero-order valence-electron chi connectivity index (χ0n) is 14.3. The van der Waals surface area contributed by atoms with Gasteiger partial charge in [0.05, 0.1) is 12.5 Å². The highest BCUT2D eigenvalue weighted by Crippen LogP contribution is 2.61. The summed E-state index contributed by atoms with van der Waals surface area (Å²) in [5.41, 5.74) is 0.971. The monoisotopic (exact) mass is 340 g/mol. The molecule has 4 atom stereocenters. The van der Waals surface area contributed by atoms with Crippen LogP contribution in [0.2, 0.25) is 0 Å². The van der Waals surface area contributed by atoms with Gasteiger partial charge in [0.1, 0.15) is 11.9 Å². The third-order valence-corrected chi connectivity index (χ3v) is 6.19. The highest BCUT2D eigenvalue weighted by Gasteiger charge is 2.56. The van der Waals surface area contributed by atoms with E-state index in [0.717, 1.165) is 30.1 Å². The largest absolute Gasteiger partial charge is 0.494 e. The molecule has 25 heavy (non-hydrogen) atoms. The second kappa shape index (κ2) is 5.04. The van der Waals surface area contributed by atoms with Gasteiger partial charge in [-0.1, -0.05) is 13.0 Å². The van der Waals surface area contributed by atoms with E-state index in [9.17, 15) is 4.79 Å². The van der Waals surface area contributed by atoms with Crippen LogP contribution in [-0.2, 0) is 14.3 Å². The van der Waals surface area contributed by atoms with Crippen LogP contribution in [-0.4, -0.2) is 25.8 Å². The molecule has 5 nitrogen and oxygen atoms in total. The van der Waals surface area contributed by atoms with E-state index < -0.39 is 0 Å². The van der Waals surface area contributed by atoms with Gasteiger partial charge < -0.3 is 18.9 Å². The normalized spacial score (nSPS) is 34.8. The van der Waals surface area contributed by atoms with Crippen molar-refractivity contribution < 1.29 is 23.7 Å². The zero-order valence-corrected chi connectivity index (χ0v) is 14.3. The molecular formula is C20H20O5. The van der Waals surface area contributed by atoms with Crippen molar-refractivity contribution >= 4 is 5.78 Å². The van der Waals surface area contributed by atoms with Crippen LogP contribution >= 0.6 is 0 Å². The predicted octanol–water partition coefficient (Wildman–Crippen LogP) is 3.31. The Morgan fingerprint density at radius 1 is 1.24 bits per heavy atom. The topological polar surface area (TPSA) is 54.0 Å². The van der Waals surface area contributed by atoms with Crippen LogP contribution in [0.3, 0.4) is 0 Å². The van der Waals surface area contributed by atoms with E-state index in [1.165, 1.54) is 5.56 Å². The summed E-state index contributed by atoms with van der Waals surface area (Å²) < 4.78 is 22.4. The van der Waals surface area contributed by atoms with E-state index >= 15 is 0 Å². The van der Waals surface area contributed by atoms with E-state index in [4.69, 9.17) is 18.9 Å². The van der Waals surface area contributed by atoms with Crippen LogP contribution in [0.15, 0.2) is 41.9 Å². The minimum absolute atomic E-state index is 0.109. The van der Waals surface area contributed by atoms with Crippen molar-refractivity contribution in [2.45, 2.75) is 31.8 Å². The van der Waals surface area contributed by atoms with Crippen LogP contribution in [0.25, 0.3) is 0 Å². The third-order valence-electron chi connectivity index (χ3n) is 6.19. The molecule has 2 fully saturated rings. The number of hydrogen-bond acceptors (Lipinski definition) is 5. The second-order valence-electron chi connectivity index (χ2n) is 7.31. The molecule has 2 aliphatic carbocycles. The summed E-state index contributed by atoms with van der Waals surface area (Å²) in [7, 11) is 1.55. The number of carbonyl (C=O) groups is 1. The maximum atomic E-state index is 12.2. The molecule has 0 radical (unpaired) electrons. The van der Waals surface area contributed by atoms with Gasteiger partial charge in [0.2, 0.25) is 12.6 Å². The molecule has 2 aliphatic heterocycles. The molecule has 0 aromatic heterocycles. The van der Waals surface area contributed by atoms with Crippen LogP contribution in [0, 0.1) is 11.3 Å². The smallest absolute Gasteiger partial charge is 0.231 e. The molecule has 5 heteroatoms. The number of ether oxygens (including phenoxy) is 4. The van der Waals surface area contributed by atoms with E-state index in [2.05, 4.69) is 19.1 Å². The number of methoxy groups -OCH3 is 1. The molecule has 4 aliphatic rings. The minimum Gasteiger partial charge on any atom is -0.494 e. The quantitative estimate of drug-likeness (QED) is 0.827. The van der Waals surface area contributed by atoms with Crippen LogP contribution < -0.4 is 9.47 Å². The molecule has 1 spiro atoms. The fourth-order valence-corrected chi connectivity index (χ4v) is 4.85. The average Bonchev–Trinajstić information content (AvgIpc) is 3.19. The van der Waals surface area contributed by atoms with Gasteiger partial charge in [-0.25, -0.2) is 0 Å². The van der Waals surface area contributed by atoms with Gasteiger partial charge in [-0.05, 0) is 42.0 Å². The van der Waals surface area contributed by atoms with Gasteiger partial charge in [-0.15, -0.1) is 0 Å². The Bertz CT molecular complexity index is 823. The lowest BCUT2D eigenvalue weighted by Gasteiger charge is -2.41. The number of allylic oxidation sites excluding steroid dienone is 2. The van der Waals surface area contributed by atoms with Gasteiger partial charge in [-0.3, -0.25) is 4.79 Å². The fraction of sp³-hybridized carbons (Fsp3) is 0.450. The summed E-state index contributed by atoms with van der Waals surface area (Å²) in [5.74, 6) is 3.34. The first kappa shape index (κ1) is 14.9. The standard InChI is InChI=1S/C20H20O5/c1-11-14(12-3-4-16-17(5-12)24-10-23-16)6-13-8-20(11)9-18(22-2)15(21)7-19(20)25-13/h3-5,7,9,11,13-14H,6,8,10H2,1-2H3/t11-,13+,14+,20-/m0/s1. The predicted molar refractivity (Wildman–Crippen MR) is 89.2 cm³/mol. The molecule has 5 rings (SSSR count). The maximum Gasteiger partial charge on any atom is 0.231 e. The van der Waals surface area contributed by atoms with E-state index in [1.807, 2.05) is 12.1 Å². The molecule has 1 saturated heterocycles.